The normalized spacial score (nSPS) is 10.9. The van der Waals surface area contributed by atoms with E-state index in [1.807, 2.05) is 0 Å². The van der Waals surface area contributed by atoms with Crippen LogP contribution in [-0.4, -0.2) is 31.0 Å². The molecule has 0 saturated heterocycles. The van der Waals surface area contributed by atoms with Crippen molar-refractivity contribution in [3.8, 4) is 0 Å². The molecule has 1 aromatic carbocycles. The lowest BCUT2D eigenvalue weighted by Crippen LogP contribution is -2.15. The molecule has 1 amide bonds. The highest BCUT2D eigenvalue weighted by atomic mass is 32.2. The van der Waals surface area contributed by atoms with Crippen LogP contribution in [0.5, 0.6) is 0 Å². The van der Waals surface area contributed by atoms with E-state index in [9.17, 15) is 17.6 Å². The highest BCUT2D eigenvalue weighted by molar-refractivity contribution is 7.92. The Kier molecular flexibility index (Phi) is 4.43. The molecular formula is C12H11FN4O3S. The maximum Gasteiger partial charge on any atom is 0.264 e. The number of carbonyl (C=O) groups excluding carboxylic acids is 1. The standard InChI is InChI=1S/C12H11FN4O3S/c13-8-11(18)16-9-2-4-10(5-3-9)21(19,20)17-12-14-6-1-7-15-12/h1-7H,8H2,(H,16,18)(H,14,15,17). The van der Waals surface area contributed by atoms with E-state index >= 15 is 0 Å². The molecule has 0 aliphatic rings. The lowest BCUT2D eigenvalue weighted by Gasteiger charge is -2.07. The third kappa shape index (κ3) is 3.96. The Labute approximate surface area is 120 Å². The summed E-state index contributed by atoms with van der Waals surface area (Å²) < 4.78 is 38.4. The number of benzene rings is 1. The Balaban J connectivity index is 2.15. The number of amides is 1. The first-order chi connectivity index (χ1) is 10.0. The molecule has 0 spiro atoms. The van der Waals surface area contributed by atoms with Crippen LogP contribution in [0, 0.1) is 0 Å². The van der Waals surface area contributed by atoms with Gasteiger partial charge in [-0.1, -0.05) is 0 Å². The minimum Gasteiger partial charge on any atom is -0.324 e. The molecule has 21 heavy (non-hydrogen) atoms. The predicted molar refractivity (Wildman–Crippen MR) is 73.9 cm³/mol. The van der Waals surface area contributed by atoms with E-state index in [2.05, 4.69) is 20.0 Å². The Morgan fingerprint density at radius 1 is 1.14 bits per heavy atom. The fraction of sp³-hybridized carbons (Fsp3) is 0.0833. The summed E-state index contributed by atoms with van der Waals surface area (Å²) in [6.07, 6.45) is 2.81. The number of nitrogens with one attached hydrogen (secondary N) is 2. The molecule has 0 aliphatic heterocycles. The smallest absolute Gasteiger partial charge is 0.264 e. The number of halogens is 1. The van der Waals surface area contributed by atoms with Crippen molar-refractivity contribution in [2.75, 3.05) is 16.7 Å². The summed E-state index contributed by atoms with van der Waals surface area (Å²) in [5.41, 5.74) is 0.299. The zero-order chi connectivity index (χ0) is 15.3. The van der Waals surface area contributed by atoms with Crippen LogP contribution in [0.1, 0.15) is 0 Å². The van der Waals surface area contributed by atoms with Crippen LogP contribution >= 0.6 is 0 Å². The summed E-state index contributed by atoms with van der Waals surface area (Å²) in [7, 11) is -3.83. The van der Waals surface area contributed by atoms with Crippen LogP contribution in [0.4, 0.5) is 16.0 Å². The van der Waals surface area contributed by atoms with Gasteiger partial charge in [0, 0.05) is 18.1 Å². The Morgan fingerprint density at radius 3 is 2.33 bits per heavy atom. The fourth-order valence-electron chi connectivity index (χ4n) is 1.44. The number of carbonyl (C=O) groups is 1. The molecule has 110 valence electrons. The van der Waals surface area contributed by atoms with Gasteiger partial charge in [0.2, 0.25) is 5.95 Å². The van der Waals surface area contributed by atoms with Crippen molar-refractivity contribution in [3.63, 3.8) is 0 Å². The molecule has 0 aliphatic carbocycles. The molecule has 0 unspecified atom stereocenters. The maximum absolute atomic E-state index is 12.1. The first-order valence-electron chi connectivity index (χ1n) is 5.77. The summed E-state index contributed by atoms with van der Waals surface area (Å²) in [6, 6.07) is 6.82. The highest BCUT2D eigenvalue weighted by Gasteiger charge is 2.15. The molecule has 0 atom stereocenters. The summed E-state index contributed by atoms with van der Waals surface area (Å²) in [4.78, 5) is 18.4. The van der Waals surface area contributed by atoms with Gasteiger partial charge in [0.25, 0.3) is 15.9 Å². The minimum atomic E-state index is -3.83. The third-order valence-electron chi connectivity index (χ3n) is 2.36. The van der Waals surface area contributed by atoms with Gasteiger partial charge in [-0.2, -0.15) is 0 Å². The number of sulfonamides is 1. The topological polar surface area (TPSA) is 101 Å². The number of aromatic nitrogens is 2. The molecule has 2 rings (SSSR count). The predicted octanol–water partition coefficient (Wildman–Crippen LogP) is 1.19. The van der Waals surface area contributed by atoms with E-state index in [0.29, 0.717) is 5.69 Å². The largest absolute Gasteiger partial charge is 0.324 e. The zero-order valence-corrected chi connectivity index (χ0v) is 11.5. The van der Waals surface area contributed by atoms with Gasteiger partial charge in [-0.25, -0.2) is 27.5 Å². The average molecular weight is 310 g/mol. The van der Waals surface area contributed by atoms with Crippen molar-refractivity contribution in [2.45, 2.75) is 4.90 Å². The van der Waals surface area contributed by atoms with Gasteiger partial charge >= 0.3 is 0 Å². The van der Waals surface area contributed by atoms with E-state index in [-0.39, 0.29) is 10.8 Å². The number of anilines is 2. The van der Waals surface area contributed by atoms with Gasteiger partial charge < -0.3 is 5.32 Å². The van der Waals surface area contributed by atoms with Crippen LogP contribution in [0.25, 0.3) is 0 Å². The van der Waals surface area contributed by atoms with Crippen LogP contribution in [-0.2, 0) is 14.8 Å². The van der Waals surface area contributed by atoms with Gasteiger partial charge in [-0.3, -0.25) is 4.79 Å². The summed E-state index contributed by atoms with van der Waals surface area (Å²) in [5, 5.41) is 2.27. The molecule has 2 aromatic rings. The first-order valence-corrected chi connectivity index (χ1v) is 7.25. The molecular weight excluding hydrogens is 299 g/mol. The lowest BCUT2D eigenvalue weighted by molar-refractivity contribution is -0.117. The number of nitrogens with zero attached hydrogens (tertiary/aromatic N) is 2. The Hall–Kier alpha value is -2.55. The second-order valence-corrected chi connectivity index (χ2v) is 5.57. The number of hydrogen-bond donors (Lipinski definition) is 2. The number of rotatable bonds is 5. The third-order valence-corrected chi connectivity index (χ3v) is 3.71. The van der Waals surface area contributed by atoms with Gasteiger partial charge in [0.05, 0.1) is 4.90 Å². The molecule has 0 bridgehead atoms. The SMILES string of the molecule is O=C(CF)Nc1ccc(S(=O)(=O)Nc2ncccn2)cc1. The van der Waals surface area contributed by atoms with E-state index in [0.717, 1.165) is 0 Å². The minimum absolute atomic E-state index is 0.0341. The molecule has 1 aromatic heterocycles. The first kappa shape index (κ1) is 14.9. The zero-order valence-electron chi connectivity index (χ0n) is 10.7. The molecule has 0 radical (unpaired) electrons. The number of alkyl halides is 1. The number of hydrogen-bond acceptors (Lipinski definition) is 5. The monoisotopic (exact) mass is 310 g/mol. The quantitative estimate of drug-likeness (QED) is 0.863. The second-order valence-electron chi connectivity index (χ2n) is 3.88. The molecule has 0 saturated carbocycles. The van der Waals surface area contributed by atoms with Crippen molar-refractivity contribution < 1.29 is 17.6 Å². The van der Waals surface area contributed by atoms with Crippen LogP contribution in [0.2, 0.25) is 0 Å². The van der Waals surface area contributed by atoms with E-state index < -0.39 is 22.6 Å². The summed E-state index contributed by atoms with van der Waals surface area (Å²) in [6.45, 7) is -1.15. The Bertz CT molecular complexity index is 720. The van der Waals surface area contributed by atoms with E-state index in [4.69, 9.17) is 0 Å². The maximum atomic E-state index is 12.1. The van der Waals surface area contributed by atoms with E-state index in [1.54, 1.807) is 6.07 Å². The molecule has 9 heteroatoms. The average Bonchev–Trinajstić information content (AvgIpc) is 2.48. The van der Waals surface area contributed by atoms with Crippen molar-refractivity contribution in [1.29, 1.82) is 0 Å². The molecule has 2 N–H and O–H groups in total. The van der Waals surface area contributed by atoms with Gasteiger partial charge in [0.1, 0.15) is 0 Å². The molecule has 1 heterocycles. The molecule has 0 fully saturated rings. The van der Waals surface area contributed by atoms with Crippen molar-refractivity contribution in [1.82, 2.24) is 9.97 Å². The molecule has 7 nitrogen and oxygen atoms in total. The van der Waals surface area contributed by atoms with Crippen LogP contribution < -0.4 is 10.0 Å². The van der Waals surface area contributed by atoms with Gasteiger partial charge in [-0.05, 0) is 30.3 Å². The van der Waals surface area contributed by atoms with Crippen LogP contribution in [0.3, 0.4) is 0 Å². The highest BCUT2D eigenvalue weighted by Crippen LogP contribution is 2.16. The summed E-state index contributed by atoms with van der Waals surface area (Å²) in [5.74, 6) is -0.853. The van der Waals surface area contributed by atoms with Gasteiger partial charge in [0.15, 0.2) is 6.67 Å². The van der Waals surface area contributed by atoms with Crippen molar-refractivity contribution >= 4 is 27.6 Å². The van der Waals surface area contributed by atoms with Crippen LogP contribution in [0.15, 0.2) is 47.6 Å². The van der Waals surface area contributed by atoms with Crippen molar-refractivity contribution in [2.24, 2.45) is 0 Å². The Morgan fingerprint density at radius 2 is 1.76 bits per heavy atom. The van der Waals surface area contributed by atoms with E-state index in [1.165, 1.54) is 36.7 Å². The van der Waals surface area contributed by atoms with Crippen molar-refractivity contribution in [3.05, 3.63) is 42.7 Å². The summed E-state index contributed by atoms with van der Waals surface area (Å²) >= 11 is 0. The lowest BCUT2D eigenvalue weighted by atomic mass is 10.3. The van der Waals surface area contributed by atoms with Gasteiger partial charge in [-0.15, -0.1) is 0 Å². The fourth-order valence-corrected chi connectivity index (χ4v) is 2.40. The second kappa shape index (κ2) is 6.27.